The van der Waals surface area contributed by atoms with E-state index in [2.05, 4.69) is 75.6 Å². The number of H-pyrrole nitrogens is 1. The molecule has 1 aliphatic heterocycles. The molecule has 1 saturated carbocycles. The van der Waals surface area contributed by atoms with Gasteiger partial charge in [0, 0.05) is 65.8 Å². The number of hydrogen-bond acceptors (Lipinski definition) is 12. The van der Waals surface area contributed by atoms with E-state index in [1.165, 1.54) is 5.56 Å². The van der Waals surface area contributed by atoms with Gasteiger partial charge >= 0.3 is 11.8 Å². The smallest absolute Gasteiger partial charge is 0.315 e. The predicted molar refractivity (Wildman–Crippen MR) is 222 cm³/mol. The topological polar surface area (TPSA) is 202 Å². The standard InChI is InChI=1S/C44H48N10O5/c1-24-18-27(8-12-32(24)25(2)50-41(57)42-53-43(54-59-42)44(3,4)5)38-33-21-34(51-39(33)49-23-48-38)28-9-14-36(47-22-28)46-17-16-45-30-19-29(20-30)26-6-10-31(11-7-26)58-35-13-15-37(55)52-40(35)56/h6-12,14,18,21-23,25,29-30,35,45H,13,15-17,19-20H2,1-5H3,(H,46,47)(H,50,57)(H,48,49,51)(H,52,55,56)/t25-,29-,30+,35+/m1/s1. The van der Waals surface area contributed by atoms with Gasteiger partial charge in [0.1, 0.15) is 23.5 Å². The summed E-state index contributed by atoms with van der Waals surface area (Å²) in [6.07, 6.45) is 5.59. The molecular weight excluding hydrogens is 749 g/mol. The van der Waals surface area contributed by atoms with Crippen molar-refractivity contribution in [3.8, 4) is 28.3 Å². The zero-order valence-corrected chi connectivity index (χ0v) is 33.8. The highest BCUT2D eigenvalue weighted by atomic mass is 16.5. The molecule has 15 heteroatoms. The highest BCUT2D eigenvalue weighted by Crippen LogP contribution is 2.38. The van der Waals surface area contributed by atoms with Crippen LogP contribution in [0, 0.1) is 6.92 Å². The van der Waals surface area contributed by atoms with Crippen molar-refractivity contribution in [2.75, 3.05) is 18.4 Å². The summed E-state index contributed by atoms with van der Waals surface area (Å²) < 4.78 is 11.0. The third kappa shape index (κ3) is 8.84. The van der Waals surface area contributed by atoms with Crippen LogP contribution in [0.25, 0.3) is 33.5 Å². The predicted octanol–water partition coefficient (Wildman–Crippen LogP) is 6.30. The van der Waals surface area contributed by atoms with Gasteiger partial charge < -0.3 is 30.2 Å². The number of aromatic amines is 1. The SMILES string of the molecule is Cc1cc(-c2ncnc3[nH]c(-c4ccc(NCCN[C@H]5C[C@@H](c6ccc(O[C@H]7CCC(=O)NC7=O)cc6)C5)nc4)cc23)ccc1[C@@H](C)NC(=O)c1nc(C(C)(C)C)no1. The Morgan fingerprint density at radius 1 is 0.983 bits per heavy atom. The van der Waals surface area contributed by atoms with Crippen molar-refractivity contribution < 1.29 is 23.6 Å². The summed E-state index contributed by atoms with van der Waals surface area (Å²) in [5, 5.41) is 17.2. The summed E-state index contributed by atoms with van der Waals surface area (Å²) in [6.45, 7) is 11.4. The largest absolute Gasteiger partial charge is 0.481 e. The molecule has 2 aromatic carbocycles. The van der Waals surface area contributed by atoms with E-state index in [0.29, 0.717) is 36.4 Å². The average molecular weight is 797 g/mol. The Labute approximate surface area is 341 Å². The molecule has 6 aromatic rings. The lowest BCUT2D eigenvalue weighted by Crippen LogP contribution is -2.46. The maximum atomic E-state index is 12.9. The first kappa shape index (κ1) is 39.4. The monoisotopic (exact) mass is 796 g/mol. The van der Waals surface area contributed by atoms with Gasteiger partial charge in [0.2, 0.25) is 5.91 Å². The number of amides is 3. The van der Waals surface area contributed by atoms with Crippen LogP contribution in [-0.2, 0) is 15.0 Å². The molecule has 2 aliphatic rings. The second-order valence-corrected chi connectivity index (χ2v) is 16.4. The second kappa shape index (κ2) is 16.4. The molecule has 8 rings (SSSR count). The molecule has 0 radical (unpaired) electrons. The minimum Gasteiger partial charge on any atom is -0.481 e. The van der Waals surface area contributed by atoms with Gasteiger partial charge in [0.05, 0.1) is 11.7 Å². The van der Waals surface area contributed by atoms with Crippen molar-refractivity contribution in [1.82, 2.24) is 46.0 Å². The van der Waals surface area contributed by atoms with Gasteiger partial charge in [0.15, 0.2) is 11.9 Å². The number of anilines is 1. The van der Waals surface area contributed by atoms with Gasteiger partial charge in [-0.15, -0.1) is 0 Å². The summed E-state index contributed by atoms with van der Waals surface area (Å²) >= 11 is 0. The van der Waals surface area contributed by atoms with Crippen LogP contribution in [-0.4, -0.2) is 73.0 Å². The molecule has 1 saturated heterocycles. The quantitative estimate of drug-likeness (QED) is 0.0646. The molecule has 15 nitrogen and oxygen atoms in total. The molecular formula is C44H48N10O5. The number of aromatic nitrogens is 6. The second-order valence-electron chi connectivity index (χ2n) is 16.4. The van der Waals surface area contributed by atoms with Crippen LogP contribution in [0.3, 0.4) is 0 Å². The number of piperidine rings is 1. The van der Waals surface area contributed by atoms with Crippen molar-refractivity contribution in [3.63, 3.8) is 0 Å². The van der Waals surface area contributed by atoms with E-state index in [9.17, 15) is 14.4 Å². The minimum atomic E-state index is -0.628. The fourth-order valence-electron chi connectivity index (χ4n) is 7.54. The molecule has 59 heavy (non-hydrogen) atoms. The zero-order valence-electron chi connectivity index (χ0n) is 33.8. The number of carbonyl (C=O) groups is 3. The molecule has 2 fully saturated rings. The molecule has 304 valence electrons. The van der Waals surface area contributed by atoms with Crippen molar-refractivity contribution >= 4 is 34.6 Å². The molecule has 1 aliphatic carbocycles. The summed E-state index contributed by atoms with van der Waals surface area (Å²) in [6, 6.07) is 20.2. The number of nitrogens with one attached hydrogen (secondary N) is 5. The van der Waals surface area contributed by atoms with Crippen LogP contribution in [0.5, 0.6) is 5.75 Å². The Bertz CT molecular complexity index is 2480. The van der Waals surface area contributed by atoms with Crippen LogP contribution in [0.2, 0.25) is 0 Å². The number of imide groups is 1. The summed E-state index contributed by atoms with van der Waals surface area (Å²) in [4.78, 5) is 57.8. The lowest BCUT2D eigenvalue weighted by molar-refractivity contribution is -0.138. The van der Waals surface area contributed by atoms with Crippen molar-refractivity contribution in [2.24, 2.45) is 0 Å². The summed E-state index contributed by atoms with van der Waals surface area (Å²) in [5.41, 5.74) is 7.18. The van der Waals surface area contributed by atoms with Crippen LogP contribution < -0.4 is 26.0 Å². The maximum absolute atomic E-state index is 12.9. The Kier molecular flexibility index (Phi) is 10.9. The van der Waals surface area contributed by atoms with E-state index >= 15 is 0 Å². The van der Waals surface area contributed by atoms with E-state index in [0.717, 1.165) is 76.4 Å². The van der Waals surface area contributed by atoms with Gasteiger partial charge in [-0.1, -0.05) is 50.2 Å². The number of pyridine rings is 1. The molecule has 0 spiro atoms. The fourth-order valence-corrected chi connectivity index (χ4v) is 7.54. The highest BCUT2D eigenvalue weighted by molar-refractivity contribution is 6.00. The highest BCUT2D eigenvalue weighted by Gasteiger charge is 2.31. The average Bonchev–Trinajstić information content (AvgIpc) is 3.88. The number of rotatable bonds is 13. The van der Waals surface area contributed by atoms with E-state index < -0.39 is 12.0 Å². The van der Waals surface area contributed by atoms with Crippen molar-refractivity contribution in [2.45, 2.75) is 89.8 Å². The number of aryl methyl sites for hydroxylation is 1. The molecule has 5 heterocycles. The third-order valence-corrected chi connectivity index (χ3v) is 11.0. The number of carbonyl (C=O) groups excluding carboxylic acids is 3. The number of nitrogens with zero attached hydrogens (tertiary/aromatic N) is 5. The number of benzene rings is 2. The molecule has 4 aromatic heterocycles. The zero-order chi connectivity index (χ0) is 41.3. The summed E-state index contributed by atoms with van der Waals surface area (Å²) in [7, 11) is 0. The van der Waals surface area contributed by atoms with Crippen LogP contribution in [0.4, 0.5) is 5.82 Å². The molecule has 3 amide bonds. The minimum absolute atomic E-state index is 0.0560. The number of hydrogen-bond donors (Lipinski definition) is 5. The normalized spacial score (nSPS) is 18.6. The molecule has 0 bridgehead atoms. The Morgan fingerprint density at radius 2 is 1.78 bits per heavy atom. The Morgan fingerprint density at radius 3 is 2.49 bits per heavy atom. The number of fused-ring (bicyclic) bond motifs is 1. The lowest BCUT2D eigenvalue weighted by atomic mass is 9.76. The van der Waals surface area contributed by atoms with Crippen molar-refractivity contribution in [1.29, 1.82) is 0 Å². The van der Waals surface area contributed by atoms with Gasteiger partial charge in [-0.25, -0.2) is 15.0 Å². The van der Waals surface area contributed by atoms with E-state index in [1.54, 1.807) is 6.33 Å². The third-order valence-electron chi connectivity index (χ3n) is 11.0. The van der Waals surface area contributed by atoms with Gasteiger partial charge in [-0.2, -0.15) is 4.98 Å². The van der Waals surface area contributed by atoms with Gasteiger partial charge in [-0.3, -0.25) is 19.7 Å². The van der Waals surface area contributed by atoms with E-state index in [4.69, 9.17) is 9.26 Å². The first-order chi connectivity index (χ1) is 28.4. The lowest BCUT2D eigenvalue weighted by Gasteiger charge is -2.36. The fraction of sp³-hybridized carbons (Fsp3) is 0.364. The van der Waals surface area contributed by atoms with Crippen molar-refractivity contribution in [3.05, 3.63) is 102 Å². The Balaban J connectivity index is 0.811. The van der Waals surface area contributed by atoms with Crippen LogP contribution in [0.1, 0.15) is 98.5 Å². The van der Waals surface area contributed by atoms with Gasteiger partial charge in [0.25, 0.3) is 5.91 Å². The first-order valence-electron chi connectivity index (χ1n) is 20.0. The van der Waals surface area contributed by atoms with Crippen LogP contribution in [0.15, 0.2) is 77.7 Å². The number of ether oxygens (including phenoxy) is 1. The molecule has 0 unspecified atom stereocenters. The maximum Gasteiger partial charge on any atom is 0.315 e. The van der Waals surface area contributed by atoms with Crippen LogP contribution >= 0.6 is 0 Å². The Hall–Kier alpha value is -6.48. The summed E-state index contributed by atoms with van der Waals surface area (Å²) in [5.74, 6) is 1.30. The van der Waals surface area contributed by atoms with Gasteiger partial charge in [-0.05, 0) is 85.7 Å². The van der Waals surface area contributed by atoms with E-state index in [-0.39, 0.29) is 29.2 Å². The first-order valence-corrected chi connectivity index (χ1v) is 20.0. The molecule has 5 N–H and O–H groups in total. The molecule has 2 atom stereocenters. The van der Waals surface area contributed by atoms with E-state index in [1.807, 2.05) is 77.2 Å².